The van der Waals surface area contributed by atoms with Gasteiger partial charge in [-0.2, -0.15) is 0 Å². The summed E-state index contributed by atoms with van der Waals surface area (Å²) in [6, 6.07) is 33.9. The van der Waals surface area contributed by atoms with Crippen LogP contribution in [0.15, 0.2) is 91.0 Å². The second-order valence-corrected chi connectivity index (χ2v) is 10.4. The summed E-state index contributed by atoms with van der Waals surface area (Å²) in [5.74, 6) is 0. The van der Waals surface area contributed by atoms with Crippen molar-refractivity contribution < 1.29 is 17.0 Å². The van der Waals surface area contributed by atoms with Gasteiger partial charge in [0.15, 0.2) is 0 Å². The fourth-order valence-corrected chi connectivity index (χ4v) is 7.68. The topological polar surface area (TPSA) is 12.0 Å². The van der Waals surface area contributed by atoms with Crippen LogP contribution in [0.25, 0.3) is 0 Å². The van der Waals surface area contributed by atoms with Crippen molar-refractivity contribution in [3.8, 4) is 0 Å². The summed E-state index contributed by atoms with van der Waals surface area (Å²) in [5, 5.41) is 8.11. The lowest BCUT2D eigenvalue weighted by molar-refractivity contribution is -0.00000534. The van der Waals surface area contributed by atoms with E-state index in [9.17, 15) is 0 Å². The van der Waals surface area contributed by atoms with Crippen LogP contribution in [0.2, 0.25) is 0 Å². The van der Waals surface area contributed by atoms with E-state index >= 15 is 0 Å². The number of benzene rings is 3. The summed E-state index contributed by atoms with van der Waals surface area (Å²) in [6.07, 6.45) is 2.29. The van der Waals surface area contributed by atoms with Gasteiger partial charge in [-0.15, -0.1) is 0 Å². The molecule has 3 rings (SSSR count). The van der Waals surface area contributed by atoms with E-state index < -0.39 is 7.26 Å². The van der Waals surface area contributed by atoms with E-state index in [1.807, 2.05) is 0 Å². The Morgan fingerprint density at radius 3 is 1.41 bits per heavy atom. The summed E-state index contributed by atoms with van der Waals surface area (Å²) in [4.78, 5) is 0. The molecule has 142 valence electrons. The van der Waals surface area contributed by atoms with Gasteiger partial charge in [0.25, 0.3) is 0 Å². The summed E-state index contributed by atoms with van der Waals surface area (Å²) < 4.78 is 0. The standard InChI is InChI=1S/C24H29NP.BrH/c1-3-21(2)25-19-20-26(22-13-7-4-8-14-22,23-15-9-5-10-16-23)24-17-11-6-12-18-24;/h4-18,21,25H,3,19-20H2,1-2H3;1H/q+1;/p-1. The van der Waals surface area contributed by atoms with Crippen LogP contribution in [0.4, 0.5) is 0 Å². The molecule has 3 heteroatoms. The molecular formula is C24H29BrNP. The minimum absolute atomic E-state index is 0. The predicted octanol–water partition coefficient (Wildman–Crippen LogP) is 1.37. The first-order chi connectivity index (χ1) is 12.8. The lowest BCUT2D eigenvalue weighted by Gasteiger charge is -2.28. The maximum absolute atomic E-state index is 3.72. The maximum atomic E-state index is 3.72. The maximum Gasteiger partial charge on any atom is 0.113 e. The molecule has 0 aliphatic carbocycles. The average molecular weight is 442 g/mol. The van der Waals surface area contributed by atoms with Crippen molar-refractivity contribution >= 4 is 23.2 Å². The number of halogens is 1. The molecule has 0 spiro atoms. The van der Waals surface area contributed by atoms with Crippen LogP contribution in [0, 0.1) is 0 Å². The van der Waals surface area contributed by atoms with E-state index in [2.05, 4.69) is 110 Å². The first kappa shape index (κ1) is 21.8. The summed E-state index contributed by atoms with van der Waals surface area (Å²) in [6.45, 7) is 5.54. The first-order valence-corrected chi connectivity index (χ1v) is 11.5. The normalized spacial score (nSPS) is 12.2. The molecule has 3 aromatic carbocycles. The Morgan fingerprint density at radius 2 is 1.07 bits per heavy atom. The van der Waals surface area contributed by atoms with E-state index in [-0.39, 0.29) is 17.0 Å². The Hall–Kier alpha value is -1.47. The van der Waals surface area contributed by atoms with Crippen molar-refractivity contribution in [2.24, 2.45) is 0 Å². The minimum atomic E-state index is -1.68. The van der Waals surface area contributed by atoms with Crippen LogP contribution in [0.1, 0.15) is 20.3 Å². The zero-order chi connectivity index (χ0) is 18.2. The van der Waals surface area contributed by atoms with Gasteiger partial charge >= 0.3 is 0 Å². The summed E-state index contributed by atoms with van der Waals surface area (Å²) in [5.41, 5.74) is 0. The Labute approximate surface area is 175 Å². The zero-order valence-corrected chi connectivity index (χ0v) is 18.7. The van der Waals surface area contributed by atoms with Crippen molar-refractivity contribution in [1.29, 1.82) is 0 Å². The molecule has 1 nitrogen and oxygen atoms in total. The van der Waals surface area contributed by atoms with E-state index in [0.717, 1.165) is 19.1 Å². The molecular weight excluding hydrogens is 413 g/mol. The van der Waals surface area contributed by atoms with Crippen LogP contribution in [0.3, 0.4) is 0 Å². The Bertz CT molecular complexity index is 681. The number of nitrogens with one attached hydrogen (secondary N) is 1. The molecule has 0 radical (unpaired) electrons. The number of hydrogen-bond acceptors (Lipinski definition) is 1. The predicted molar refractivity (Wildman–Crippen MR) is 118 cm³/mol. The van der Waals surface area contributed by atoms with E-state index in [1.54, 1.807) is 0 Å². The molecule has 3 aromatic rings. The van der Waals surface area contributed by atoms with E-state index in [1.165, 1.54) is 15.9 Å². The molecule has 0 saturated carbocycles. The van der Waals surface area contributed by atoms with Gasteiger partial charge < -0.3 is 22.3 Å². The second-order valence-electron chi connectivity index (χ2n) is 6.80. The quantitative estimate of drug-likeness (QED) is 0.520. The molecule has 0 aliphatic rings. The molecule has 1 N–H and O–H groups in total. The average Bonchev–Trinajstić information content (AvgIpc) is 2.73. The third-order valence-electron chi connectivity index (χ3n) is 5.14. The summed E-state index contributed by atoms with van der Waals surface area (Å²) >= 11 is 0. The highest BCUT2D eigenvalue weighted by Gasteiger charge is 2.44. The van der Waals surface area contributed by atoms with Gasteiger partial charge in [-0.05, 0) is 49.7 Å². The van der Waals surface area contributed by atoms with Crippen molar-refractivity contribution in [2.75, 3.05) is 12.7 Å². The van der Waals surface area contributed by atoms with Crippen molar-refractivity contribution in [2.45, 2.75) is 26.3 Å². The monoisotopic (exact) mass is 441 g/mol. The number of rotatable bonds is 8. The highest BCUT2D eigenvalue weighted by atomic mass is 79.9. The molecule has 0 saturated heterocycles. The fraction of sp³-hybridized carbons (Fsp3) is 0.250. The SMILES string of the molecule is CCC(C)NCC[P+](c1ccccc1)(c1ccccc1)c1ccccc1.[Br-]. The number of hydrogen-bond donors (Lipinski definition) is 1. The molecule has 1 atom stereocenters. The Balaban J connectivity index is 0.00000261. The third kappa shape index (κ3) is 5.08. The van der Waals surface area contributed by atoms with Gasteiger partial charge in [0.05, 0.1) is 6.16 Å². The van der Waals surface area contributed by atoms with Crippen molar-refractivity contribution in [3.05, 3.63) is 91.0 Å². The lowest BCUT2D eigenvalue weighted by atomic mass is 10.3. The molecule has 1 unspecified atom stereocenters. The van der Waals surface area contributed by atoms with Gasteiger partial charge in [-0.3, -0.25) is 0 Å². The van der Waals surface area contributed by atoms with Crippen molar-refractivity contribution in [1.82, 2.24) is 5.32 Å². The lowest BCUT2D eigenvalue weighted by Crippen LogP contribution is -3.00. The van der Waals surface area contributed by atoms with Crippen LogP contribution in [-0.4, -0.2) is 18.7 Å². The van der Waals surface area contributed by atoms with E-state index in [0.29, 0.717) is 6.04 Å². The van der Waals surface area contributed by atoms with Gasteiger partial charge in [-0.1, -0.05) is 61.5 Å². The third-order valence-corrected chi connectivity index (χ3v) is 9.58. The fourth-order valence-electron chi connectivity index (χ4n) is 3.50. The van der Waals surface area contributed by atoms with Gasteiger partial charge in [0, 0.05) is 12.6 Å². The largest absolute Gasteiger partial charge is 1.00 e. The van der Waals surface area contributed by atoms with Gasteiger partial charge in [0.1, 0.15) is 23.2 Å². The smallest absolute Gasteiger partial charge is 0.113 e. The molecule has 0 amide bonds. The molecule has 0 aromatic heterocycles. The minimum Gasteiger partial charge on any atom is -1.00 e. The molecule has 0 aliphatic heterocycles. The van der Waals surface area contributed by atoms with Gasteiger partial charge in [0.2, 0.25) is 0 Å². The zero-order valence-electron chi connectivity index (χ0n) is 16.2. The highest BCUT2D eigenvalue weighted by Crippen LogP contribution is 2.54. The Kier molecular flexibility index (Phi) is 8.70. The summed E-state index contributed by atoms with van der Waals surface area (Å²) in [7, 11) is -1.68. The Morgan fingerprint density at radius 1 is 0.704 bits per heavy atom. The van der Waals surface area contributed by atoms with Crippen LogP contribution < -0.4 is 38.2 Å². The molecule has 0 fully saturated rings. The van der Waals surface area contributed by atoms with Crippen LogP contribution >= 0.6 is 7.26 Å². The first-order valence-electron chi connectivity index (χ1n) is 9.55. The van der Waals surface area contributed by atoms with Gasteiger partial charge in [-0.25, -0.2) is 0 Å². The second kappa shape index (κ2) is 10.8. The van der Waals surface area contributed by atoms with Crippen molar-refractivity contribution in [3.63, 3.8) is 0 Å². The van der Waals surface area contributed by atoms with Crippen LogP contribution in [0.5, 0.6) is 0 Å². The highest BCUT2D eigenvalue weighted by molar-refractivity contribution is 7.95. The van der Waals surface area contributed by atoms with E-state index in [4.69, 9.17) is 0 Å². The molecule has 27 heavy (non-hydrogen) atoms. The molecule has 0 heterocycles. The van der Waals surface area contributed by atoms with Crippen LogP contribution in [-0.2, 0) is 0 Å². The molecule has 0 bridgehead atoms.